The smallest absolute Gasteiger partial charge is 0.356 e. The average Bonchev–Trinajstić information content (AvgIpc) is 3.37. The molecule has 3 heterocycles. The molecule has 0 spiro atoms. The van der Waals surface area contributed by atoms with Crippen molar-refractivity contribution in [2.75, 3.05) is 50.6 Å². The Morgan fingerprint density at radius 2 is 1.81 bits per heavy atom. The lowest BCUT2D eigenvalue weighted by Crippen LogP contribution is -2.45. The molecule has 1 atom stereocenters. The molecule has 0 bridgehead atoms. The molecule has 0 amide bonds. The van der Waals surface area contributed by atoms with Crippen molar-refractivity contribution in [1.29, 1.82) is 5.41 Å². The topological polar surface area (TPSA) is 90.8 Å². The number of benzene rings is 1. The van der Waals surface area contributed by atoms with E-state index >= 15 is 0 Å². The van der Waals surface area contributed by atoms with Gasteiger partial charge in [0.05, 0.1) is 24.5 Å². The third kappa shape index (κ3) is 5.48. The summed E-state index contributed by atoms with van der Waals surface area (Å²) in [5.41, 5.74) is 2.94. The SMILES string of the molecule is COC(=O)c1cc(N2CCC(N3CCC(OC)C3)CC2)c(C(=N)C2CCC2)c(Nc2ccc(F)cc2)n1. The molecule has 1 saturated carbocycles. The van der Waals surface area contributed by atoms with Crippen LogP contribution in [-0.4, -0.2) is 74.1 Å². The van der Waals surface area contributed by atoms with E-state index < -0.39 is 5.97 Å². The molecule has 3 fully saturated rings. The van der Waals surface area contributed by atoms with Crippen LogP contribution in [0.15, 0.2) is 30.3 Å². The minimum Gasteiger partial charge on any atom is -0.464 e. The molecule has 0 radical (unpaired) electrons. The first kappa shape index (κ1) is 25.6. The number of hydrogen-bond acceptors (Lipinski definition) is 8. The van der Waals surface area contributed by atoms with Gasteiger partial charge in [-0.2, -0.15) is 0 Å². The van der Waals surface area contributed by atoms with Crippen molar-refractivity contribution >= 4 is 28.9 Å². The van der Waals surface area contributed by atoms with Gasteiger partial charge in [-0.05, 0) is 62.4 Å². The molecule has 2 N–H and O–H groups in total. The highest BCUT2D eigenvalue weighted by atomic mass is 19.1. The number of carbonyl (C=O) groups excluding carboxylic acids is 1. The van der Waals surface area contributed by atoms with E-state index in [4.69, 9.17) is 14.9 Å². The Labute approximate surface area is 217 Å². The van der Waals surface area contributed by atoms with Crippen molar-refractivity contribution in [3.63, 3.8) is 0 Å². The quantitative estimate of drug-likeness (QED) is 0.397. The van der Waals surface area contributed by atoms with E-state index in [9.17, 15) is 9.18 Å². The molecule has 1 aromatic heterocycles. The second kappa shape index (κ2) is 11.1. The zero-order chi connectivity index (χ0) is 25.9. The Morgan fingerprint density at radius 1 is 1.08 bits per heavy atom. The van der Waals surface area contributed by atoms with Crippen molar-refractivity contribution < 1.29 is 18.7 Å². The van der Waals surface area contributed by atoms with Crippen LogP contribution in [0.25, 0.3) is 0 Å². The van der Waals surface area contributed by atoms with Crippen LogP contribution in [0.5, 0.6) is 0 Å². The van der Waals surface area contributed by atoms with Crippen LogP contribution in [0.3, 0.4) is 0 Å². The van der Waals surface area contributed by atoms with Gasteiger partial charge in [0.25, 0.3) is 0 Å². The Bertz CT molecular complexity index is 1130. The fourth-order valence-corrected chi connectivity index (χ4v) is 5.67. The summed E-state index contributed by atoms with van der Waals surface area (Å²) in [7, 11) is 3.13. The van der Waals surface area contributed by atoms with E-state index in [-0.39, 0.29) is 17.4 Å². The maximum absolute atomic E-state index is 13.5. The number of nitrogens with zero attached hydrogens (tertiary/aromatic N) is 3. The van der Waals surface area contributed by atoms with Gasteiger partial charge in [0.15, 0.2) is 5.69 Å². The maximum Gasteiger partial charge on any atom is 0.356 e. The summed E-state index contributed by atoms with van der Waals surface area (Å²) in [5, 5.41) is 12.4. The van der Waals surface area contributed by atoms with Gasteiger partial charge in [-0.1, -0.05) is 6.42 Å². The summed E-state index contributed by atoms with van der Waals surface area (Å²) >= 11 is 0. The molecular weight excluding hydrogens is 473 g/mol. The van der Waals surface area contributed by atoms with Gasteiger partial charge in [-0.25, -0.2) is 14.2 Å². The minimum absolute atomic E-state index is 0.173. The number of ether oxygens (including phenoxy) is 2. The molecule has 198 valence electrons. The Morgan fingerprint density at radius 3 is 2.41 bits per heavy atom. The summed E-state index contributed by atoms with van der Waals surface area (Å²) < 4.78 is 24.1. The molecule has 1 unspecified atom stereocenters. The Kier molecular flexibility index (Phi) is 7.71. The second-order valence-electron chi connectivity index (χ2n) is 10.3. The lowest BCUT2D eigenvalue weighted by atomic mass is 9.79. The first-order valence-corrected chi connectivity index (χ1v) is 13.2. The number of esters is 1. The van der Waals surface area contributed by atoms with Gasteiger partial charge in [0.1, 0.15) is 11.6 Å². The molecule has 1 aromatic carbocycles. The lowest BCUT2D eigenvalue weighted by Gasteiger charge is -2.39. The van der Waals surface area contributed by atoms with Gasteiger partial charge in [0, 0.05) is 56.6 Å². The van der Waals surface area contributed by atoms with Gasteiger partial charge in [-0.3, -0.25) is 4.90 Å². The standard InChI is InChI=1S/C28H36FN5O3/c1-36-22-12-15-34(17-22)21-10-13-33(14-11-21)24-16-23(28(35)37-2)32-27(25(24)26(30)18-4-3-5-18)31-20-8-6-19(29)7-9-20/h6-9,16,18,21-22,30H,3-5,10-15,17H2,1-2H3,(H,31,32). The summed E-state index contributed by atoms with van der Waals surface area (Å²) in [6.45, 7) is 3.69. The highest BCUT2D eigenvalue weighted by Crippen LogP contribution is 2.38. The number of pyridine rings is 1. The summed E-state index contributed by atoms with van der Waals surface area (Å²) in [6.07, 6.45) is 6.46. The first-order chi connectivity index (χ1) is 18.0. The third-order valence-corrected chi connectivity index (χ3v) is 8.11. The molecule has 1 aliphatic carbocycles. The second-order valence-corrected chi connectivity index (χ2v) is 10.3. The fourth-order valence-electron chi connectivity index (χ4n) is 5.67. The molecular formula is C28H36FN5O3. The number of anilines is 3. The molecule has 2 aliphatic heterocycles. The largest absolute Gasteiger partial charge is 0.464 e. The molecule has 2 aromatic rings. The number of piperidine rings is 1. The van der Waals surface area contributed by atoms with Crippen LogP contribution >= 0.6 is 0 Å². The van der Waals surface area contributed by atoms with E-state index in [1.165, 1.54) is 19.2 Å². The van der Waals surface area contributed by atoms with Crippen LogP contribution in [0.1, 0.15) is 54.6 Å². The van der Waals surface area contributed by atoms with Crippen molar-refractivity contribution in [3.05, 3.63) is 47.4 Å². The molecule has 9 heteroatoms. The fraction of sp³-hybridized carbons (Fsp3) is 0.536. The monoisotopic (exact) mass is 509 g/mol. The van der Waals surface area contributed by atoms with Crippen LogP contribution in [0, 0.1) is 17.1 Å². The van der Waals surface area contributed by atoms with Crippen LogP contribution in [-0.2, 0) is 9.47 Å². The molecule has 2 saturated heterocycles. The molecule has 3 aliphatic rings. The Hall–Kier alpha value is -3.04. The van der Waals surface area contributed by atoms with Crippen molar-refractivity contribution in [2.45, 2.75) is 50.7 Å². The molecule has 5 rings (SSSR count). The zero-order valence-electron chi connectivity index (χ0n) is 21.6. The number of rotatable bonds is 8. The van der Waals surface area contributed by atoms with Crippen molar-refractivity contribution in [1.82, 2.24) is 9.88 Å². The number of nitrogens with one attached hydrogen (secondary N) is 2. The lowest BCUT2D eigenvalue weighted by molar-refractivity contribution is 0.0594. The summed E-state index contributed by atoms with van der Waals surface area (Å²) in [4.78, 5) is 22.0. The van der Waals surface area contributed by atoms with Gasteiger partial charge < -0.3 is 25.1 Å². The average molecular weight is 510 g/mol. The van der Waals surface area contributed by atoms with Gasteiger partial charge in [0.2, 0.25) is 0 Å². The number of likely N-dealkylation sites (tertiary alicyclic amines) is 1. The van der Waals surface area contributed by atoms with Gasteiger partial charge in [-0.15, -0.1) is 0 Å². The number of hydrogen-bond donors (Lipinski definition) is 2. The highest BCUT2D eigenvalue weighted by Gasteiger charge is 2.34. The highest BCUT2D eigenvalue weighted by molar-refractivity contribution is 6.10. The van der Waals surface area contributed by atoms with Crippen molar-refractivity contribution in [3.8, 4) is 0 Å². The number of carbonyl (C=O) groups is 1. The summed E-state index contributed by atoms with van der Waals surface area (Å²) in [6, 6.07) is 8.30. The predicted molar refractivity (Wildman–Crippen MR) is 142 cm³/mol. The van der Waals surface area contributed by atoms with E-state index in [2.05, 4.69) is 20.1 Å². The predicted octanol–water partition coefficient (Wildman–Crippen LogP) is 4.61. The van der Waals surface area contributed by atoms with E-state index in [0.29, 0.717) is 29.4 Å². The number of methoxy groups -OCH3 is 2. The van der Waals surface area contributed by atoms with E-state index in [1.807, 2.05) is 0 Å². The van der Waals surface area contributed by atoms with Crippen LogP contribution in [0.4, 0.5) is 21.6 Å². The first-order valence-electron chi connectivity index (χ1n) is 13.2. The van der Waals surface area contributed by atoms with E-state index in [1.54, 1.807) is 25.3 Å². The third-order valence-electron chi connectivity index (χ3n) is 8.11. The number of aromatic nitrogens is 1. The van der Waals surface area contributed by atoms with Crippen molar-refractivity contribution in [2.24, 2.45) is 5.92 Å². The minimum atomic E-state index is -0.525. The van der Waals surface area contributed by atoms with Gasteiger partial charge >= 0.3 is 5.97 Å². The summed E-state index contributed by atoms with van der Waals surface area (Å²) in [5.74, 6) is -0.247. The zero-order valence-corrected chi connectivity index (χ0v) is 21.6. The normalized spacial score (nSPS) is 21.1. The number of halogens is 1. The van der Waals surface area contributed by atoms with Crippen LogP contribution in [0.2, 0.25) is 0 Å². The van der Waals surface area contributed by atoms with E-state index in [0.717, 1.165) is 76.0 Å². The maximum atomic E-state index is 13.5. The molecule has 37 heavy (non-hydrogen) atoms. The van der Waals surface area contributed by atoms with Crippen LogP contribution < -0.4 is 10.2 Å². The molecule has 8 nitrogen and oxygen atoms in total. The Balaban J connectivity index is 1.47.